The van der Waals surface area contributed by atoms with E-state index in [-0.39, 0.29) is 36.0 Å². The number of nitrogens with zero attached hydrogens (tertiary/aromatic N) is 1. The zero-order valence-corrected chi connectivity index (χ0v) is 27.6. The van der Waals surface area contributed by atoms with E-state index < -0.39 is 0 Å². The van der Waals surface area contributed by atoms with Crippen LogP contribution in [-0.4, -0.2) is 37.3 Å². The fourth-order valence-corrected chi connectivity index (χ4v) is 7.19. The quantitative estimate of drug-likeness (QED) is 0.108. The second-order valence-corrected chi connectivity index (χ2v) is 11.8. The Morgan fingerprint density at radius 2 is 0.681 bits per heavy atom. The van der Waals surface area contributed by atoms with Crippen LogP contribution < -0.4 is 29.6 Å². The van der Waals surface area contributed by atoms with Crippen LogP contribution in [0.5, 0.6) is 23.0 Å². The van der Waals surface area contributed by atoms with Gasteiger partial charge in [-0.25, -0.2) is 0 Å². The predicted molar refractivity (Wildman–Crippen MR) is 184 cm³/mol. The highest BCUT2D eigenvalue weighted by Crippen LogP contribution is 2.53. The number of hydrogen-bond acceptors (Lipinski definition) is 8. The van der Waals surface area contributed by atoms with E-state index in [9.17, 15) is 5.21 Å². The van der Waals surface area contributed by atoms with Crippen LogP contribution in [0.25, 0.3) is 0 Å². The number of rotatable bonds is 12. The van der Waals surface area contributed by atoms with Crippen molar-refractivity contribution in [2.45, 2.75) is 51.9 Å². The topological polar surface area (TPSA) is 93.6 Å². The summed E-state index contributed by atoms with van der Waals surface area (Å²) in [7, 11) is 0. The number of piperidine rings is 2. The summed E-state index contributed by atoms with van der Waals surface area (Å²) < 4.78 is 23.1. The molecule has 2 bridgehead atoms. The average Bonchev–Trinajstić information content (AvgIpc) is 3.10. The van der Waals surface area contributed by atoms with Crippen LogP contribution >= 0.6 is 0 Å². The van der Waals surface area contributed by atoms with Gasteiger partial charge in [-0.2, -0.15) is 0 Å². The van der Waals surface area contributed by atoms with E-state index in [1.807, 2.05) is 76.2 Å². The summed E-state index contributed by atoms with van der Waals surface area (Å²) >= 11 is 0. The first-order chi connectivity index (χ1) is 23.1. The van der Waals surface area contributed by atoms with E-state index in [1.54, 1.807) is 0 Å². The molecule has 47 heavy (non-hydrogen) atoms. The minimum Gasteiger partial charge on any atom is -0.494 e. The molecule has 0 saturated carbocycles. The van der Waals surface area contributed by atoms with Gasteiger partial charge in [-0.3, -0.25) is 0 Å². The molecule has 6 rings (SSSR count). The molecule has 0 radical (unpaired) electrons. The normalized spacial score (nSPS) is 23.5. The van der Waals surface area contributed by atoms with Crippen LogP contribution in [0.1, 0.15) is 74.1 Å². The Morgan fingerprint density at radius 3 is 0.872 bits per heavy atom. The average molecular weight is 636 g/mol. The van der Waals surface area contributed by atoms with Crippen molar-refractivity contribution < 1.29 is 24.2 Å². The molecule has 4 aromatic carbocycles. The molecule has 0 spiro atoms. The standard InChI is InChI=1S/C39H45N3O5/c1-5-44-29-17-9-25(10-18-29)35-33-36(26-11-19-30(20-12-26)45-6-2)41-38(28-15-23-32(24-16-28)47-8-4)34(39(33)42-43)37(40-35)27-13-21-31(22-14-27)46-7-3/h9-24,33-38,40-41,43H,5-8H2,1-4H3. The van der Waals surface area contributed by atoms with Crippen LogP contribution in [0.2, 0.25) is 0 Å². The van der Waals surface area contributed by atoms with Crippen LogP contribution in [0, 0.1) is 11.8 Å². The summed E-state index contributed by atoms with van der Waals surface area (Å²) in [6, 6.07) is 32.3. The van der Waals surface area contributed by atoms with E-state index in [1.165, 1.54) is 0 Å². The van der Waals surface area contributed by atoms with Gasteiger partial charge >= 0.3 is 0 Å². The third kappa shape index (κ3) is 6.80. The summed E-state index contributed by atoms with van der Waals surface area (Å²) in [4.78, 5) is 0. The molecule has 3 N–H and O–H groups in total. The van der Waals surface area contributed by atoms with E-state index >= 15 is 0 Å². The monoisotopic (exact) mass is 635 g/mol. The Morgan fingerprint density at radius 1 is 0.447 bits per heavy atom. The summed E-state index contributed by atoms with van der Waals surface area (Å²) in [5.41, 5.74) is 5.12. The lowest BCUT2D eigenvalue weighted by atomic mass is 9.63. The van der Waals surface area contributed by atoms with E-state index in [0.29, 0.717) is 26.4 Å². The Balaban J connectivity index is 1.49. The molecule has 0 aliphatic carbocycles. The molecule has 246 valence electrons. The van der Waals surface area contributed by atoms with Gasteiger partial charge in [0.25, 0.3) is 0 Å². The van der Waals surface area contributed by atoms with Gasteiger partial charge in [0, 0.05) is 36.0 Å². The molecule has 2 aliphatic rings. The van der Waals surface area contributed by atoms with Crippen molar-refractivity contribution in [3.8, 4) is 23.0 Å². The van der Waals surface area contributed by atoms with Crippen molar-refractivity contribution in [1.29, 1.82) is 0 Å². The maximum Gasteiger partial charge on any atom is 0.119 e. The number of benzene rings is 4. The first-order valence-corrected chi connectivity index (χ1v) is 16.7. The summed E-state index contributed by atoms with van der Waals surface area (Å²) in [5.74, 6) is 2.90. The zero-order valence-electron chi connectivity index (χ0n) is 27.6. The Kier molecular flexibility index (Phi) is 10.3. The smallest absolute Gasteiger partial charge is 0.119 e. The number of oxime groups is 1. The van der Waals surface area contributed by atoms with E-state index in [0.717, 1.165) is 51.0 Å². The summed E-state index contributed by atoms with van der Waals surface area (Å²) in [6.45, 7) is 10.3. The molecule has 4 unspecified atom stereocenters. The van der Waals surface area contributed by atoms with Crippen LogP contribution in [0.15, 0.2) is 102 Å². The Hall–Kier alpha value is -4.53. The molecular formula is C39H45N3O5. The van der Waals surface area contributed by atoms with Crippen LogP contribution in [0.4, 0.5) is 0 Å². The minimum absolute atomic E-state index is 0.172. The van der Waals surface area contributed by atoms with Crippen molar-refractivity contribution in [1.82, 2.24) is 10.6 Å². The Bertz CT molecular complexity index is 1380. The number of fused-ring (bicyclic) bond motifs is 2. The van der Waals surface area contributed by atoms with Crippen molar-refractivity contribution >= 4 is 5.71 Å². The summed E-state index contributed by atoms with van der Waals surface area (Å²) in [5, 5.41) is 23.2. The third-order valence-corrected chi connectivity index (χ3v) is 9.15. The lowest BCUT2D eigenvalue weighted by molar-refractivity contribution is 0.149. The number of ether oxygens (including phenoxy) is 4. The fourth-order valence-electron chi connectivity index (χ4n) is 7.19. The second kappa shape index (κ2) is 14.9. The van der Waals surface area contributed by atoms with Gasteiger partial charge in [-0.05, 0) is 98.5 Å². The van der Waals surface area contributed by atoms with Crippen molar-refractivity contribution in [2.75, 3.05) is 26.4 Å². The van der Waals surface area contributed by atoms with Gasteiger partial charge < -0.3 is 34.8 Å². The lowest BCUT2D eigenvalue weighted by Crippen LogP contribution is -2.60. The molecule has 2 aliphatic heterocycles. The molecule has 0 aromatic heterocycles. The first kappa shape index (κ1) is 32.4. The molecular weight excluding hydrogens is 590 g/mol. The largest absolute Gasteiger partial charge is 0.494 e. The number of nitrogens with one attached hydrogen (secondary N) is 2. The first-order valence-electron chi connectivity index (χ1n) is 16.7. The van der Waals surface area contributed by atoms with Crippen molar-refractivity contribution in [3.63, 3.8) is 0 Å². The summed E-state index contributed by atoms with van der Waals surface area (Å²) in [6.07, 6.45) is 0. The molecule has 0 amide bonds. The SMILES string of the molecule is CCOc1ccc(C2NC(c3ccc(OCC)cc3)C3C(=NO)C2C(c2ccc(OCC)cc2)NC3c2ccc(OCC)cc2)cc1. The van der Waals surface area contributed by atoms with Gasteiger partial charge in [0.15, 0.2) is 0 Å². The van der Waals surface area contributed by atoms with E-state index in [2.05, 4.69) is 64.3 Å². The highest BCUT2D eigenvalue weighted by molar-refractivity contribution is 5.93. The van der Waals surface area contributed by atoms with Crippen LogP contribution in [0.3, 0.4) is 0 Å². The highest BCUT2D eigenvalue weighted by Gasteiger charge is 2.54. The molecule has 4 aromatic rings. The van der Waals surface area contributed by atoms with Gasteiger partial charge in [0.1, 0.15) is 23.0 Å². The van der Waals surface area contributed by atoms with Crippen molar-refractivity contribution in [3.05, 3.63) is 119 Å². The lowest BCUT2D eigenvalue weighted by Gasteiger charge is -2.54. The fraction of sp³-hybridized carbons (Fsp3) is 0.359. The highest BCUT2D eigenvalue weighted by atomic mass is 16.5. The molecule has 8 nitrogen and oxygen atoms in total. The predicted octanol–water partition coefficient (Wildman–Crippen LogP) is 7.82. The molecule has 8 heteroatoms. The Labute approximate surface area is 277 Å². The van der Waals surface area contributed by atoms with Gasteiger partial charge in [-0.15, -0.1) is 0 Å². The van der Waals surface area contributed by atoms with Gasteiger partial charge in [0.2, 0.25) is 0 Å². The third-order valence-electron chi connectivity index (χ3n) is 9.15. The molecule has 2 saturated heterocycles. The van der Waals surface area contributed by atoms with Crippen molar-refractivity contribution in [2.24, 2.45) is 17.0 Å². The number of hydrogen-bond donors (Lipinski definition) is 3. The molecule has 2 heterocycles. The van der Waals surface area contributed by atoms with Gasteiger partial charge in [-0.1, -0.05) is 53.7 Å². The maximum atomic E-state index is 11.0. The van der Waals surface area contributed by atoms with Gasteiger partial charge in [0.05, 0.1) is 32.1 Å². The minimum atomic E-state index is -0.196. The molecule has 4 atom stereocenters. The second-order valence-electron chi connectivity index (χ2n) is 11.8. The van der Waals surface area contributed by atoms with Crippen LogP contribution in [-0.2, 0) is 0 Å². The maximum absolute atomic E-state index is 11.0. The zero-order chi connectivity index (χ0) is 32.8. The molecule has 2 fully saturated rings. The van der Waals surface area contributed by atoms with E-state index in [4.69, 9.17) is 18.9 Å².